The van der Waals surface area contributed by atoms with Crippen LogP contribution in [0.5, 0.6) is 0 Å². The fourth-order valence-electron chi connectivity index (χ4n) is 0.797. The highest BCUT2D eigenvalue weighted by atomic mass is 32.2. The van der Waals surface area contributed by atoms with Crippen molar-refractivity contribution in [3.63, 3.8) is 0 Å². The Morgan fingerprint density at radius 3 is 2.73 bits per heavy atom. The van der Waals surface area contributed by atoms with Crippen molar-refractivity contribution >= 4 is 17.6 Å². The van der Waals surface area contributed by atoms with Gasteiger partial charge in [-0.25, -0.2) is 0 Å². The van der Waals surface area contributed by atoms with E-state index in [1.54, 1.807) is 0 Å². The molecule has 1 unspecified atom stereocenters. The Bertz CT molecular complexity index is 115. The van der Waals surface area contributed by atoms with Crippen molar-refractivity contribution in [1.82, 2.24) is 0 Å². The molecule has 0 aliphatic rings. The van der Waals surface area contributed by atoms with Crippen molar-refractivity contribution in [2.24, 2.45) is 5.73 Å². The van der Waals surface area contributed by atoms with E-state index in [2.05, 4.69) is 13.8 Å². The van der Waals surface area contributed by atoms with E-state index in [1.165, 1.54) is 18.6 Å². The van der Waals surface area contributed by atoms with E-state index in [-0.39, 0.29) is 0 Å². The van der Waals surface area contributed by atoms with Gasteiger partial charge in [0, 0.05) is 11.7 Å². The van der Waals surface area contributed by atoms with Gasteiger partial charge in [-0.15, -0.1) is 0 Å². The van der Waals surface area contributed by atoms with Gasteiger partial charge >= 0.3 is 0 Å². The number of hydrogen-bond acceptors (Lipinski definition) is 2. The number of nitrogens with two attached hydrogens (primary N) is 1. The first-order valence-corrected chi connectivity index (χ1v) is 5.16. The highest BCUT2D eigenvalue weighted by molar-refractivity contribution is 7.99. The van der Waals surface area contributed by atoms with E-state index in [0.29, 0.717) is 11.1 Å². The van der Waals surface area contributed by atoms with Crippen molar-refractivity contribution in [2.75, 3.05) is 5.75 Å². The van der Waals surface area contributed by atoms with Crippen LogP contribution in [0.4, 0.5) is 0 Å². The molecule has 3 N–H and O–H groups in total. The van der Waals surface area contributed by atoms with E-state index in [4.69, 9.17) is 11.1 Å². The number of rotatable bonds is 6. The van der Waals surface area contributed by atoms with Gasteiger partial charge in [0.15, 0.2) is 0 Å². The van der Waals surface area contributed by atoms with Crippen molar-refractivity contribution in [1.29, 1.82) is 5.41 Å². The Labute approximate surface area is 73.4 Å². The van der Waals surface area contributed by atoms with Crippen molar-refractivity contribution in [2.45, 2.75) is 38.4 Å². The van der Waals surface area contributed by atoms with Crippen LogP contribution in [-0.2, 0) is 0 Å². The molecule has 2 nitrogen and oxygen atoms in total. The molecule has 0 aliphatic heterocycles. The third kappa shape index (κ3) is 7.72. The monoisotopic (exact) mass is 174 g/mol. The summed E-state index contributed by atoms with van der Waals surface area (Å²) in [6, 6.07) is 0. The molecule has 0 amide bonds. The average Bonchev–Trinajstić information content (AvgIpc) is 1.86. The SMILES string of the molecule is CCCCSC(C)CC(=N)N. The Balaban J connectivity index is 3.22. The second-order valence-corrected chi connectivity index (χ2v) is 4.31. The molecular formula is C8H18N2S. The third-order valence-corrected chi connectivity index (χ3v) is 2.67. The maximum atomic E-state index is 7.07. The Morgan fingerprint density at radius 1 is 1.64 bits per heavy atom. The first-order chi connectivity index (χ1) is 5.16. The highest BCUT2D eigenvalue weighted by Crippen LogP contribution is 2.15. The van der Waals surface area contributed by atoms with Gasteiger partial charge in [0.25, 0.3) is 0 Å². The van der Waals surface area contributed by atoms with Crippen LogP contribution in [0.25, 0.3) is 0 Å². The second kappa shape index (κ2) is 6.53. The van der Waals surface area contributed by atoms with E-state index in [9.17, 15) is 0 Å². The lowest BCUT2D eigenvalue weighted by Crippen LogP contribution is -2.15. The summed E-state index contributed by atoms with van der Waals surface area (Å²) >= 11 is 1.91. The molecule has 0 rings (SSSR count). The largest absolute Gasteiger partial charge is 0.388 e. The van der Waals surface area contributed by atoms with E-state index >= 15 is 0 Å². The molecule has 0 aromatic rings. The average molecular weight is 174 g/mol. The van der Waals surface area contributed by atoms with Crippen molar-refractivity contribution in [3.8, 4) is 0 Å². The predicted molar refractivity (Wildman–Crippen MR) is 53.4 cm³/mol. The van der Waals surface area contributed by atoms with Gasteiger partial charge in [-0.3, -0.25) is 5.41 Å². The zero-order chi connectivity index (χ0) is 8.69. The first kappa shape index (κ1) is 10.8. The molecule has 66 valence electrons. The van der Waals surface area contributed by atoms with Gasteiger partial charge in [0.1, 0.15) is 0 Å². The Kier molecular flexibility index (Phi) is 6.42. The molecule has 0 aromatic carbocycles. The Morgan fingerprint density at radius 2 is 2.27 bits per heavy atom. The molecule has 0 spiro atoms. The molecule has 11 heavy (non-hydrogen) atoms. The van der Waals surface area contributed by atoms with Gasteiger partial charge in [-0.1, -0.05) is 20.3 Å². The molecule has 0 aliphatic carbocycles. The van der Waals surface area contributed by atoms with Crippen molar-refractivity contribution in [3.05, 3.63) is 0 Å². The molecule has 0 heterocycles. The summed E-state index contributed by atoms with van der Waals surface area (Å²) in [4.78, 5) is 0. The minimum atomic E-state index is 0.307. The smallest absolute Gasteiger partial charge is 0.0916 e. The maximum absolute atomic E-state index is 7.07. The number of amidine groups is 1. The predicted octanol–water partition coefficient (Wildman–Crippen LogP) is 2.23. The third-order valence-electron chi connectivity index (χ3n) is 1.41. The van der Waals surface area contributed by atoms with E-state index < -0.39 is 0 Å². The molecule has 0 radical (unpaired) electrons. The molecule has 1 atom stereocenters. The quantitative estimate of drug-likeness (QED) is 0.368. The Hall–Kier alpha value is -0.180. The van der Waals surface area contributed by atoms with Crippen LogP contribution in [0.1, 0.15) is 33.1 Å². The van der Waals surface area contributed by atoms with Crippen LogP contribution in [0.15, 0.2) is 0 Å². The topological polar surface area (TPSA) is 49.9 Å². The lowest BCUT2D eigenvalue weighted by Gasteiger charge is -2.08. The van der Waals surface area contributed by atoms with Crippen LogP contribution < -0.4 is 5.73 Å². The summed E-state index contributed by atoms with van der Waals surface area (Å²) < 4.78 is 0. The van der Waals surface area contributed by atoms with Gasteiger partial charge < -0.3 is 5.73 Å². The number of hydrogen-bond donors (Lipinski definition) is 2. The van der Waals surface area contributed by atoms with Gasteiger partial charge in [0.05, 0.1) is 5.84 Å². The summed E-state index contributed by atoms with van der Waals surface area (Å²) in [6.07, 6.45) is 3.25. The molecule has 0 saturated heterocycles. The van der Waals surface area contributed by atoms with Crippen LogP contribution in [0.2, 0.25) is 0 Å². The lowest BCUT2D eigenvalue weighted by atomic mass is 10.3. The summed E-state index contributed by atoms with van der Waals surface area (Å²) in [5.41, 5.74) is 5.27. The van der Waals surface area contributed by atoms with E-state index in [1.807, 2.05) is 11.8 Å². The minimum Gasteiger partial charge on any atom is -0.388 e. The highest BCUT2D eigenvalue weighted by Gasteiger charge is 2.02. The van der Waals surface area contributed by atoms with Crippen LogP contribution in [0, 0.1) is 5.41 Å². The minimum absolute atomic E-state index is 0.307. The van der Waals surface area contributed by atoms with Crippen LogP contribution >= 0.6 is 11.8 Å². The first-order valence-electron chi connectivity index (χ1n) is 4.11. The van der Waals surface area contributed by atoms with Gasteiger partial charge in [0.2, 0.25) is 0 Å². The maximum Gasteiger partial charge on any atom is 0.0916 e. The van der Waals surface area contributed by atoms with Gasteiger partial charge in [-0.05, 0) is 12.2 Å². The molecule has 0 fully saturated rings. The number of nitrogens with one attached hydrogen (secondary N) is 1. The molecular weight excluding hydrogens is 156 g/mol. The molecule has 0 saturated carbocycles. The summed E-state index contributed by atoms with van der Waals surface area (Å²) in [5.74, 6) is 1.51. The van der Waals surface area contributed by atoms with E-state index in [0.717, 1.165) is 6.42 Å². The van der Waals surface area contributed by atoms with Crippen molar-refractivity contribution < 1.29 is 0 Å². The zero-order valence-corrected chi connectivity index (χ0v) is 8.21. The summed E-state index contributed by atoms with van der Waals surface area (Å²) in [6.45, 7) is 4.32. The molecule has 0 aromatic heterocycles. The zero-order valence-electron chi connectivity index (χ0n) is 7.39. The molecule has 0 bridgehead atoms. The summed E-state index contributed by atoms with van der Waals surface area (Å²) in [5, 5.41) is 7.58. The van der Waals surface area contributed by atoms with Gasteiger partial charge in [-0.2, -0.15) is 11.8 Å². The van der Waals surface area contributed by atoms with Crippen LogP contribution in [0.3, 0.4) is 0 Å². The summed E-state index contributed by atoms with van der Waals surface area (Å²) in [7, 11) is 0. The fourth-order valence-corrected chi connectivity index (χ4v) is 1.95. The number of thioether (sulfide) groups is 1. The van der Waals surface area contributed by atoms with Crippen LogP contribution in [-0.4, -0.2) is 16.8 Å². The normalized spacial score (nSPS) is 12.9. The molecule has 3 heteroatoms. The fraction of sp³-hybridized carbons (Fsp3) is 0.875. The second-order valence-electron chi connectivity index (χ2n) is 2.76. The lowest BCUT2D eigenvalue weighted by molar-refractivity contribution is 0.889. The standard InChI is InChI=1S/C8H18N2S/c1-3-4-5-11-7(2)6-8(9)10/h7H,3-6H2,1-2H3,(H3,9,10). The number of unbranched alkanes of at least 4 members (excludes halogenated alkanes) is 1.